The Hall–Kier alpha value is -5.34. The van der Waals surface area contributed by atoms with Crippen LogP contribution in [0, 0.1) is 0 Å². The first-order chi connectivity index (χ1) is 29.3. The van der Waals surface area contributed by atoms with Gasteiger partial charge in [-0.3, -0.25) is 0 Å². The van der Waals surface area contributed by atoms with E-state index in [-0.39, 0.29) is 0 Å². The summed E-state index contributed by atoms with van der Waals surface area (Å²) in [5, 5.41) is 7.77. The van der Waals surface area contributed by atoms with Crippen LogP contribution in [0.1, 0.15) is 31.5 Å². The molecule has 1 N–H and O–H groups in total. The molecule has 8 aromatic rings. The molecule has 0 fully saturated rings. The predicted molar refractivity (Wildman–Crippen MR) is 167 cm³/mol. The Bertz CT molecular complexity index is 3390. The van der Waals surface area contributed by atoms with E-state index in [1.807, 2.05) is 0 Å². The second kappa shape index (κ2) is 8.86. The molecule has 8 rings (SSSR count). The van der Waals surface area contributed by atoms with Gasteiger partial charge in [0, 0.05) is 10.8 Å². The molecule has 40 heavy (non-hydrogen) atoms. The van der Waals surface area contributed by atoms with E-state index >= 15 is 0 Å². The van der Waals surface area contributed by atoms with Crippen LogP contribution < -0.4 is 0 Å². The van der Waals surface area contributed by atoms with Crippen LogP contribution in [0.25, 0.3) is 76.9 Å². The van der Waals surface area contributed by atoms with Crippen LogP contribution in [0.4, 0.5) is 0 Å². The first-order valence-corrected chi connectivity index (χ1v) is 11.6. The molecule has 7 aromatic carbocycles. The minimum atomic E-state index is -1.08. The number of furan rings is 1. The van der Waals surface area contributed by atoms with E-state index in [0.29, 0.717) is 0 Å². The third-order valence-corrected chi connectivity index (χ3v) is 6.29. The van der Waals surface area contributed by atoms with Gasteiger partial charge in [-0.05, 0) is 79.1 Å². The number of rotatable bonds is 3. The minimum absolute atomic E-state index is 0.442. The Kier molecular flexibility index (Phi) is 2.08. The maximum absolute atomic E-state index is 11.6. The van der Waals surface area contributed by atoms with Gasteiger partial charge in [0.05, 0.1) is 31.5 Å². The molecule has 0 amide bonds. The first-order valence-electron chi connectivity index (χ1n) is 23.1. The van der Waals surface area contributed by atoms with Gasteiger partial charge in [-0.15, -0.1) is 0 Å². The highest BCUT2D eigenvalue weighted by atomic mass is 16.4. The highest BCUT2D eigenvalue weighted by Crippen LogP contribution is 2.46. The maximum atomic E-state index is 11.6. The molecule has 0 spiro atoms. The highest BCUT2D eigenvalue weighted by molar-refractivity contribution is 6.22. The first kappa shape index (κ1) is 9.39. The fraction of sp³-hybridized carbons (Fsp3) is 0. The summed E-state index contributed by atoms with van der Waals surface area (Å²) < 4.78 is 208. The molecule has 2 nitrogen and oxygen atoms in total. The average molecular weight is 536 g/mol. The topological polar surface area (TPSA) is 33.4 Å². The van der Waals surface area contributed by atoms with Gasteiger partial charge < -0.3 is 9.52 Å². The zero-order valence-corrected chi connectivity index (χ0v) is 19.9. The van der Waals surface area contributed by atoms with Crippen molar-refractivity contribution in [2.75, 3.05) is 0 Å². The number of fused-ring (bicyclic) bond motifs is 5. The summed E-state index contributed by atoms with van der Waals surface area (Å²) in [7, 11) is 0. The summed E-state index contributed by atoms with van der Waals surface area (Å²) in [6.45, 7) is 0. The third-order valence-electron chi connectivity index (χ3n) is 6.29. The molecule has 0 bridgehead atoms. The van der Waals surface area contributed by atoms with Gasteiger partial charge >= 0.3 is 0 Å². The van der Waals surface area contributed by atoms with Crippen molar-refractivity contribution in [2.24, 2.45) is 0 Å². The van der Waals surface area contributed by atoms with Crippen LogP contribution in [0.2, 0.25) is 0 Å². The van der Waals surface area contributed by atoms with E-state index in [2.05, 4.69) is 0 Å². The minimum Gasteiger partial charge on any atom is -0.504 e. The van der Waals surface area contributed by atoms with E-state index in [4.69, 9.17) is 26.3 Å². The number of phenolic OH excluding ortho intramolecular Hbond substituents is 1. The Morgan fingerprint density at radius 2 is 0.950 bits per heavy atom. The lowest BCUT2D eigenvalue weighted by Crippen LogP contribution is -1.91. The molecule has 0 unspecified atom stereocenters. The molecule has 1 heterocycles. The Balaban J connectivity index is 1.73. The summed E-state index contributed by atoms with van der Waals surface area (Å²) in [5.74, 6) is -1.08. The van der Waals surface area contributed by atoms with Gasteiger partial charge in [0.2, 0.25) is 0 Å². The number of para-hydroxylation sites is 1. The van der Waals surface area contributed by atoms with Crippen LogP contribution in [0.15, 0.2) is 143 Å². The molecular weight excluding hydrogens is 488 g/mol. The van der Waals surface area contributed by atoms with Crippen molar-refractivity contribution in [2.45, 2.75) is 0 Å². The number of phenols is 1. The van der Waals surface area contributed by atoms with Crippen molar-refractivity contribution < 1.29 is 41.1 Å². The summed E-state index contributed by atoms with van der Waals surface area (Å²) in [6.07, 6.45) is 0. The summed E-state index contributed by atoms with van der Waals surface area (Å²) >= 11 is 0. The van der Waals surface area contributed by atoms with Crippen molar-refractivity contribution in [3.63, 3.8) is 0 Å². The van der Waals surface area contributed by atoms with Crippen LogP contribution in [0.5, 0.6) is 5.75 Å². The van der Waals surface area contributed by atoms with Gasteiger partial charge in [-0.25, -0.2) is 0 Å². The predicted octanol–water partition coefficient (Wildman–Crippen LogP) is 10.6. The van der Waals surface area contributed by atoms with Crippen LogP contribution >= 0.6 is 0 Å². The molecule has 188 valence electrons. The van der Waals surface area contributed by atoms with Crippen LogP contribution in [0.3, 0.4) is 0 Å². The van der Waals surface area contributed by atoms with E-state index < -0.39 is 222 Å². The van der Waals surface area contributed by atoms with Crippen molar-refractivity contribution in [3.05, 3.63) is 139 Å². The van der Waals surface area contributed by atoms with E-state index in [9.17, 15) is 14.7 Å². The molecule has 1 aromatic heterocycles. The van der Waals surface area contributed by atoms with Gasteiger partial charge in [0.15, 0.2) is 11.3 Å². The number of aromatic hydroxyl groups is 1. The average Bonchev–Trinajstić information content (AvgIpc) is 3.67. The molecule has 0 radical (unpaired) electrons. The molecule has 0 aliphatic heterocycles. The van der Waals surface area contributed by atoms with Crippen molar-refractivity contribution in [3.8, 4) is 39.1 Å². The lowest BCUT2D eigenvalue weighted by atomic mass is 9.85. The molecule has 2 heteroatoms. The molecule has 0 aliphatic carbocycles. The Morgan fingerprint density at radius 1 is 0.425 bits per heavy atom. The molecule has 0 saturated heterocycles. The number of hydrogen-bond donors (Lipinski definition) is 1. The van der Waals surface area contributed by atoms with Crippen molar-refractivity contribution in [1.82, 2.24) is 0 Å². The fourth-order valence-electron chi connectivity index (χ4n) is 4.66. The van der Waals surface area contributed by atoms with Gasteiger partial charge in [-0.2, -0.15) is 0 Å². The maximum Gasteiger partial charge on any atom is 0.177 e. The molecular formula is C38H24O2. The monoisotopic (exact) mass is 535 g/mol. The number of benzene rings is 7. The SMILES string of the molecule is [2H]c1c([2H])c([2H])c(-c2c([2H])c([2H])c([2H])c(-c3c4c([2H])c([2H])c([2H])c([2H])c4c(-c4c([2H])c(O)c5oc6c([2H])c([2H])c([2H])c([2H])c6c5c4[2H])c4c([2H])c([2H])c([2H])c([2H])c34)c2[2H])c([2H])c1[2H]. The summed E-state index contributed by atoms with van der Waals surface area (Å²) in [6, 6.07) is -21.1. The van der Waals surface area contributed by atoms with Crippen LogP contribution in [-0.2, 0) is 0 Å². The highest BCUT2D eigenvalue weighted by Gasteiger charge is 2.19. The van der Waals surface area contributed by atoms with E-state index in [0.717, 1.165) is 0 Å². The lowest BCUT2D eigenvalue weighted by Gasteiger charge is -2.18. The van der Waals surface area contributed by atoms with Crippen LogP contribution in [-0.4, -0.2) is 5.11 Å². The van der Waals surface area contributed by atoms with Crippen molar-refractivity contribution >= 4 is 43.5 Å². The largest absolute Gasteiger partial charge is 0.504 e. The Labute approximate surface area is 263 Å². The second-order valence-corrected chi connectivity index (χ2v) is 8.48. The standard InChI is InChI=1S/C38H24O2/c39-34-23-27(22-33-28-15-8-9-20-35(28)40-38(33)34)37-31-18-6-4-16-29(31)36(30-17-5-7-19-32(30)37)26-14-10-13-25(21-26)24-11-2-1-3-12-24/h1-23,39H/i1D,2D,3D,4D,5D,6D,7D,8D,9D,10D,11D,12D,13D,14D,15D,16D,17D,18D,19D,20D,21D,22D,23D. The lowest BCUT2D eigenvalue weighted by molar-refractivity contribution is 0.469. The smallest absolute Gasteiger partial charge is 0.177 e. The summed E-state index contributed by atoms with van der Waals surface area (Å²) in [5.41, 5.74) is -5.77. The third kappa shape index (κ3) is 3.43. The van der Waals surface area contributed by atoms with Gasteiger partial charge in [0.1, 0.15) is 5.58 Å². The zero-order valence-electron chi connectivity index (χ0n) is 42.9. The van der Waals surface area contributed by atoms with E-state index in [1.165, 1.54) is 0 Å². The van der Waals surface area contributed by atoms with Crippen molar-refractivity contribution in [1.29, 1.82) is 0 Å². The quantitative estimate of drug-likeness (QED) is 0.228. The molecule has 0 saturated carbocycles. The summed E-state index contributed by atoms with van der Waals surface area (Å²) in [4.78, 5) is 0. The number of hydrogen-bond acceptors (Lipinski definition) is 2. The van der Waals surface area contributed by atoms with Gasteiger partial charge in [-0.1, -0.05) is 115 Å². The molecule has 0 atom stereocenters. The zero-order chi connectivity index (χ0) is 46.6. The van der Waals surface area contributed by atoms with E-state index in [1.54, 1.807) is 0 Å². The second-order valence-electron chi connectivity index (χ2n) is 8.48. The fourth-order valence-corrected chi connectivity index (χ4v) is 4.66. The Morgan fingerprint density at radius 3 is 1.62 bits per heavy atom. The normalized spacial score (nSPS) is 19.6. The molecule has 0 aliphatic rings. The van der Waals surface area contributed by atoms with Gasteiger partial charge in [0.25, 0.3) is 0 Å².